The molecule has 1 unspecified atom stereocenters. The quantitative estimate of drug-likeness (QED) is 0.849. The van der Waals surface area contributed by atoms with Crippen LogP contribution in [0.3, 0.4) is 0 Å². The molecule has 0 amide bonds. The summed E-state index contributed by atoms with van der Waals surface area (Å²) in [7, 11) is 0. The van der Waals surface area contributed by atoms with Gasteiger partial charge in [0.25, 0.3) is 0 Å². The lowest BCUT2D eigenvalue weighted by molar-refractivity contribution is 0.534. The van der Waals surface area contributed by atoms with Gasteiger partial charge < -0.3 is 5.32 Å². The van der Waals surface area contributed by atoms with Crippen LogP contribution >= 0.6 is 27.3 Å². The summed E-state index contributed by atoms with van der Waals surface area (Å²) in [5.74, 6) is -0.141. The minimum Gasteiger partial charge on any atom is -0.309 e. The number of halogens is 2. The van der Waals surface area contributed by atoms with Gasteiger partial charge in [0.1, 0.15) is 5.82 Å². The van der Waals surface area contributed by atoms with Crippen molar-refractivity contribution < 1.29 is 4.39 Å². The van der Waals surface area contributed by atoms with Gasteiger partial charge in [0.05, 0.1) is 0 Å². The van der Waals surface area contributed by atoms with Gasteiger partial charge >= 0.3 is 0 Å². The van der Waals surface area contributed by atoms with Crippen LogP contribution < -0.4 is 5.32 Å². The molecule has 0 bridgehead atoms. The van der Waals surface area contributed by atoms with Crippen molar-refractivity contribution in [1.29, 1.82) is 0 Å². The second kappa shape index (κ2) is 6.45. The van der Waals surface area contributed by atoms with Gasteiger partial charge in [-0.1, -0.05) is 28.9 Å². The summed E-state index contributed by atoms with van der Waals surface area (Å²) < 4.78 is 14.7. The Hall–Kier alpha value is -0.710. The van der Waals surface area contributed by atoms with Gasteiger partial charge in [-0.3, -0.25) is 0 Å². The molecule has 1 heterocycles. The molecule has 1 aromatic heterocycles. The van der Waals surface area contributed by atoms with E-state index in [1.807, 2.05) is 12.1 Å². The van der Waals surface area contributed by atoms with Crippen LogP contribution in [0.4, 0.5) is 4.39 Å². The van der Waals surface area contributed by atoms with Crippen LogP contribution in [0.2, 0.25) is 0 Å². The molecule has 4 heteroatoms. The van der Waals surface area contributed by atoms with Crippen LogP contribution in [0.15, 0.2) is 40.2 Å². The van der Waals surface area contributed by atoms with Crippen molar-refractivity contribution >= 4 is 27.3 Å². The Balaban J connectivity index is 2.21. The smallest absolute Gasteiger partial charge is 0.126 e. The zero-order valence-electron chi connectivity index (χ0n) is 10.1. The van der Waals surface area contributed by atoms with Crippen molar-refractivity contribution in [3.8, 4) is 0 Å². The molecular formula is C14H15BrFNS. The zero-order chi connectivity index (χ0) is 13.0. The summed E-state index contributed by atoms with van der Waals surface area (Å²) in [6.45, 7) is 2.94. The van der Waals surface area contributed by atoms with E-state index in [1.165, 1.54) is 10.9 Å². The first kappa shape index (κ1) is 13.7. The summed E-state index contributed by atoms with van der Waals surface area (Å²) in [6.07, 6.45) is 0.666. The highest BCUT2D eigenvalue weighted by Crippen LogP contribution is 2.25. The fourth-order valence-corrected chi connectivity index (χ4v) is 3.14. The highest BCUT2D eigenvalue weighted by atomic mass is 79.9. The lowest BCUT2D eigenvalue weighted by Crippen LogP contribution is -2.22. The first-order valence-electron chi connectivity index (χ1n) is 5.91. The number of thiophene rings is 1. The third-order valence-corrected chi connectivity index (χ3v) is 4.25. The standard InChI is InChI=1S/C14H15BrFNS/c1-2-17-13(14-4-3-7-18-14)9-10-8-11(15)5-6-12(10)16/h3-8,13,17H,2,9H2,1H3. The molecule has 1 aromatic carbocycles. The Morgan fingerprint density at radius 3 is 2.89 bits per heavy atom. The van der Waals surface area contributed by atoms with Gasteiger partial charge in [0.2, 0.25) is 0 Å². The maximum atomic E-state index is 13.8. The molecule has 2 rings (SSSR count). The van der Waals surface area contributed by atoms with Gasteiger partial charge in [0.15, 0.2) is 0 Å². The molecule has 2 aromatic rings. The SMILES string of the molecule is CCNC(Cc1cc(Br)ccc1F)c1cccs1. The van der Waals surface area contributed by atoms with Gasteiger partial charge in [-0.2, -0.15) is 0 Å². The molecule has 0 aliphatic rings. The molecule has 0 spiro atoms. The summed E-state index contributed by atoms with van der Waals surface area (Å²) in [5, 5.41) is 5.46. The van der Waals surface area contributed by atoms with E-state index in [9.17, 15) is 4.39 Å². The summed E-state index contributed by atoms with van der Waals surface area (Å²) in [5.41, 5.74) is 0.740. The zero-order valence-corrected chi connectivity index (χ0v) is 12.5. The van der Waals surface area contributed by atoms with Gasteiger partial charge in [0, 0.05) is 15.4 Å². The molecule has 1 nitrogen and oxygen atoms in total. The highest BCUT2D eigenvalue weighted by molar-refractivity contribution is 9.10. The molecule has 1 N–H and O–H groups in total. The molecule has 0 saturated carbocycles. The Morgan fingerprint density at radius 2 is 2.22 bits per heavy atom. The Kier molecular flexibility index (Phi) is 4.92. The maximum Gasteiger partial charge on any atom is 0.126 e. The molecule has 18 heavy (non-hydrogen) atoms. The maximum absolute atomic E-state index is 13.8. The normalized spacial score (nSPS) is 12.6. The van der Waals surface area contributed by atoms with E-state index in [4.69, 9.17) is 0 Å². The van der Waals surface area contributed by atoms with E-state index in [-0.39, 0.29) is 11.9 Å². The number of nitrogens with one attached hydrogen (secondary N) is 1. The predicted molar refractivity (Wildman–Crippen MR) is 78.5 cm³/mol. The molecule has 1 atom stereocenters. The average molecular weight is 328 g/mol. The predicted octanol–water partition coefficient (Wildman–Crippen LogP) is 4.54. The fourth-order valence-electron chi connectivity index (χ4n) is 1.93. The first-order valence-corrected chi connectivity index (χ1v) is 7.58. The van der Waals surface area contributed by atoms with Crippen LogP contribution in [0.1, 0.15) is 23.4 Å². The van der Waals surface area contributed by atoms with E-state index >= 15 is 0 Å². The number of benzene rings is 1. The van der Waals surface area contributed by atoms with Crippen molar-refractivity contribution in [2.75, 3.05) is 6.54 Å². The average Bonchev–Trinajstić information content (AvgIpc) is 2.87. The van der Waals surface area contributed by atoms with Crippen molar-refractivity contribution in [3.05, 3.63) is 56.4 Å². The third kappa shape index (κ3) is 3.40. The number of likely N-dealkylation sites (N-methyl/N-ethyl adjacent to an activating group) is 1. The van der Waals surface area contributed by atoms with Crippen LogP contribution in [0.25, 0.3) is 0 Å². The number of rotatable bonds is 5. The molecule has 0 aliphatic carbocycles. The Morgan fingerprint density at radius 1 is 1.39 bits per heavy atom. The molecule has 0 radical (unpaired) electrons. The van der Waals surface area contributed by atoms with Crippen LogP contribution in [-0.2, 0) is 6.42 Å². The van der Waals surface area contributed by atoms with Gasteiger partial charge in [-0.05, 0) is 48.2 Å². The minimum atomic E-state index is -0.141. The van der Waals surface area contributed by atoms with Crippen LogP contribution in [0, 0.1) is 5.82 Å². The second-order valence-electron chi connectivity index (χ2n) is 4.07. The lowest BCUT2D eigenvalue weighted by atomic mass is 10.0. The van der Waals surface area contributed by atoms with E-state index in [2.05, 4.69) is 39.6 Å². The highest BCUT2D eigenvalue weighted by Gasteiger charge is 2.14. The Bertz CT molecular complexity index is 499. The Labute approximate surface area is 119 Å². The van der Waals surface area contributed by atoms with Gasteiger partial charge in [-0.25, -0.2) is 4.39 Å². The van der Waals surface area contributed by atoms with Crippen molar-refractivity contribution in [1.82, 2.24) is 5.32 Å². The van der Waals surface area contributed by atoms with E-state index in [0.29, 0.717) is 6.42 Å². The second-order valence-corrected chi connectivity index (χ2v) is 5.96. The topological polar surface area (TPSA) is 12.0 Å². The van der Waals surface area contributed by atoms with Crippen molar-refractivity contribution in [3.63, 3.8) is 0 Å². The van der Waals surface area contributed by atoms with Crippen LogP contribution in [-0.4, -0.2) is 6.54 Å². The third-order valence-electron chi connectivity index (χ3n) is 2.77. The van der Waals surface area contributed by atoms with E-state index < -0.39 is 0 Å². The fraction of sp³-hybridized carbons (Fsp3) is 0.286. The van der Waals surface area contributed by atoms with Crippen LogP contribution in [0.5, 0.6) is 0 Å². The molecule has 96 valence electrons. The van der Waals surface area contributed by atoms with Crippen molar-refractivity contribution in [2.45, 2.75) is 19.4 Å². The minimum absolute atomic E-state index is 0.141. The van der Waals surface area contributed by atoms with Crippen molar-refractivity contribution in [2.24, 2.45) is 0 Å². The monoisotopic (exact) mass is 327 g/mol. The molecule has 0 aliphatic heterocycles. The molecular weight excluding hydrogens is 313 g/mol. The number of hydrogen-bond acceptors (Lipinski definition) is 2. The van der Waals surface area contributed by atoms with Gasteiger partial charge in [-0.15, -0.1) is 11.3 Å². The van der Waals surface area contributed by atoms with E-state index in [0.717, 1.165) is 16.6 Å². The summed E-state index contributed by atoms with van der Waals surface area (Å²) in [6, 6.07) is 9.39. The molecule has 0 saturated heterocycles. The summed E-state index contributed by atoms with van der Waals surface area (Å²) >= 11 is 5.09. The first-order chi connectivity index (χ1) is 8.70. The summed E-state index contributed by atoms with van der Waals surface area (Å²) in [4.78, 5) is 1.25. The largest absolute Gasteiger partial charge is 0.309 e. The lowest BCUT2D eigenvalue weighted by Gasteiger charge is -2.17. The van der Waals surface area contributed by atoms with E-state index in [1.54, 1.807) is 17.4 Å². The molecule has 0 fully saturated rings. The number of hydrogen-bond donors (Lipinski definition) is 1.